The summed E-state index contributed by atoms with van der Waals surface area (Å²) in [4.78, 5) is 4.57. The zero-order valence-electron chi connectivity index (χ0n) is 15.7. The highest BCUT2D eigenvalue weighted by atomic mass is 14.8. The van der Waals surface area contributed by atoms with Gasteiger partial charge in [-0.1, -0.05) is 71.1 Å². The monoisotopic (exact) mass is 314 g/mol. The zero-order chi connectivity index (χ0) is 17.1. The van der Waals surface area contributed by atoms with E-state index in [1.54, 1.807) is 5.57 Å². The Labute approximate surface area is 143 Å². The maximum Gasteiger partial charge on any atom is 0.0669 e. The number of pyridine rings is 1. The summed E-state index contributed by atoms with van der Waals surface area (Å²) in [6.07, 6.45) is 14.5. The minimum absolute atomic E-state index is 0.518. The van der Waals surface area contributed by atoms with Crippen LogP contribution < -0.4 is 5.32 Å². The molecular formula is C21H34N2. The first-order valence-corrected chi connectivity index (χ1v) is 9.31. The number of unbranched alkanes of at least 4 members (excludes halogenated alkanes) is 4. The van der Waals surface area contributed by atoms with Crippen molar-refractivity contribution in [1.82, 2.24) is 4.98 Å². The minimum Gasteiger partial charge on any atom is -0.387 e. The molecule has 1 aliphatic rings. The average Bonchev–Trinajstić information content (AvgIpc) is 2.97. The van der Waals surface area contributed by atoms with Crippen molar-refractivity contribution in [2.24, 2.45) is 5.92 Å². The summed E-state index contributed by atoms with van der Waals surface area (Å²) in [5.41, 5.74) is 5.11. The number of nitrogens with zero attached hydrogens (tertiary/aromatic N) is 1. The number of allylic oxidation sites excluding steroid dienone is 4. The number of aromatic nitrogens is 1. The molecule has 1 atom stereocenters. The van der Waals surface area contributed by atoms with Crippen molar-refractivity contribution in [1.29, 1.82) is 0 Å². The molecule has 0 fully saturated rings. The Bertz CT molecular complexity index is 497. The molecular weight excluding hydrogens is 280 g/mol. The summed E-state index contributed by atoms with van der Waals surface area (Å²) in [7, 11) is 1.92. The SMILES string of the molecule is CC.CCCCCCCC1=CC=C(c2ccc(NC)cn2)C1C. The Hall–Kier alpha value is -1.57. The third kappa shape index (κ3) is 5.85. The van der Waals surface area contributed by atoms with Gasteiger partial charge in [0.1, 0.15) is 0 Å². The van der Waals surface area contributed by atoms with Crippen molar-refractivity contribution < 1.29 is 0 Å². The molecule has 1 aromatic rings. The Morgan fingerprint density at radius 3 is 2.39 bits per heavy atom. The first-order chi connectivity index (χ1) is 11.3. The van der Waals surface area contributed by atoms with Crippen molar-refractivity contribution >= 4 is 11.3 Å². The van der Waals surface area contributed by atoms with Gasteiger partial charge in [0.2, 0.25) is 0 Å². The van der Waals surface area contributed by atoms with Gasteiger partial charge in [0, 0.05) is 13.0 Å². The van der Waals surface area contributed by atoms with Crippen LogP contribution >= 0.6 is 0 Å². The molecule has 0 amide bonds. The summed E-state index contributed by atoms with van der Waals surface area (Å²) in [5.74, 6) is 0.518. The van der Waals surface area contributed by atoms with Gasteiger partial charge in [-0.2, -0.15) is 0 Å². The van der Waals surface area contributed by atoms with Gasteiger partial charge in [-0.15, -0.1) is 0 Å². The number of rotatable bonds is 8. The third-order valence-corrected chi connectivity index (χ3v) is 4.42. The van der Waals surface area contributed by atoms with E-state index in [0.29, 0.717) is 5.92 Å². The van der Waals surface area contributed by atoms with Crippen LogP contribution in [0.1, 0.15) is 71.9 Å². The predicted octanol–water partition coefficient (Wildman–Crippen LogP) is 6.47. The van der Waals surface area contributed by atoms with Gasteiger partial charge >= 0.3 is 0 Å². The van der Waals surface area contributed by atoms with Gasteiger partial charge in [-0.05, 0) is 30.5 Å². The maximum absolute atomic E-state index is 4.57. The molecule has 1 aromatic heterocycles. The standard InChI is InChI=1S/C19H28N2.C2H6/c1-4-5-6-7-8-9-16-10-12-18(15(16)2)19-13-11-17(20-3)14-21-19;1-2/h10-15,20H,4-9H2,1-3H3;1-2H3. The second-order valence-corrected chi connectivity index (χ2v) is 5.93. The van der Waals surface area contributed by atoms with Crippen molar-refractivity contribution in [3.8, 4) is 0 Å². The molecule has 0 aromatic carbocycles. The third-order valence-electron chi connectivity index (χ3n) is 4.42. The molecule has 128 valence electrons. The van der Waals surface area contributed by atoms with E-state index in [-0.39, 0.29) is 0 Å². The van der Waals surface area contributed by atoms with Gasteiger partial charge < -0.3 is 5.32 Å². The van der Waals surface area contributed by atoms with Crippen LogP contribution in [0.3, 0.4) is 0 Å². The molecule has 2 rings (SSSR count). The Morgan fingerprint density at radius 1 is 1.04 bits per heavy atom. The molecule has 1 N–H and O–H groups in total. The summed E-state index contributed by atoms with van der Waals surface area (Å²) >= 11 is 0. The minimum atomic E-state index is 0.518. The molecule has 0 radical (unpaired) electrons. The molecule has 0 saturated carbocycles. The van der Waals surface area contributed by atoms with Crippen LogP contribution in [0.2, 0.25) is 0 Å². The van der Waals surface area contributed by atoms with Crippen LogP contribution in [0.25, 0.3) is 5.57 Å². The van der Waals surface area contributed by atoms with Crippen molar-refractivity contribution in [2.75, 3.05) is 12.4 Å². The Morgan fingerprint density at radius 2 is 1.78 bits per heavy atom. The van der Waals surface area contributed by atoms with Gasteiger partial charge in [0.05, 0.1) is 17.6 Å². The molecule has 1 aliphatic carbocycles. The lowest BCUT2D eigenvalue weighted by Crippen LogP contribution is -2.01. The average molecular weight is 315 g/mol. The molecule has 2 heteroatoms. The molecule has 1 unspecified atom stereocenters. The normalized spacial score (nSPS) is 16.3. The van der Waals surface area contributed by atoms with E-state index in [0.717, 1.165) is 11.4 Å². The van der Waals surface area contributed by atoms with E-state index < -0.39 is 0 Å². The highest BCUT2D eigenvalue weighted by Crippen LogP contribution is 2.35. The van der Waals surface area contributed by atoms with E-state index >= 15 is 0 Å². The first-order valence-electron chi connectivity index (χ1n) is 9.31. The zero-order valence-corrected chi connectivity index (χ0v) is 15.7. The molecule has 0 spiro atoms. The van der Waals surface area contributed by atoms with E-state index in [9.17, 15) is 0 Å². The van der Waals surface area contributed by atoms with Crippen LogP contribution in [-0.4, -0.2) is 12.0 Å². The van der Waals surface area contributed by atoms with Gasteiger partial charge in [0.25, 0.3) is 0 Å². The highest BCUT2D eigenvalue weighted by Gasteiger charge is 2.20. The van der Waals surface area contributed by atoms with Crippen LogP contribution in [-0.2, 0) is 0 Å². The van der Waals surface area contributed by atoms with Crippen LogP contribution in [0.5, 0.6) is 0 Å². The molecule has 1 heterocycles. The van der Waals surface area contributed by atoms with Crippen LogP contribution in [0.4, 0.5) is 5.69 Å². The van der Waals surface area contributed by atoms with E-state index in [1.807, 2.05) is 27.1 Å². The lowest BCUT2D eigenvalue weighted by atomic mass is 9.92. The number of hydrogen-bond acceptors (Lipinski definition) is 2. The Kier molecular flexibility index (Phi) is 9.35. The summed E-state index contributed by atoms with van der Waals surface area (Å²) in [6.45, 7) is 8.58. The second kappa shape index (κ2) is 11.0. The molecule has 0 bridgehead atoms. The number of anilines is 1. The van der Waals surface area contributed by atoms with Crippen molar-refractivity contribution in [3.63, 3.8) is 0 Å². The van der Waals surface area contributed by atoms with Gasteiger partial charge in [-0.25, -0.2) is 0 Å². The number of hydrogen-bond donors (Lipinski definition) is 1. The molecule has 2 nitrogen and oxygen atoms in total. The summed E-state index contributed by atoms with van der Waals surface area (Å²) in [5, 5.41) is 3.11. The highest BCUT2D eigenvalue weighted by molar-refractivity contribution is 5.72. The molecule has 0 saturated heterocycles. The van der Waals surface area contributed by atoms with Gasteiger partial charge in [0.15, 0.2) is 0 Å². The molecule has 0 aliphatic heterocycles. The lowest BCUT2D eigenvalue weighted by Gasteiger charge is -2.14. The first kappa shape index (κ1) is 19.5. The van der Waals surface area contributed by atoms with E-state index in [4.69, 9.17) is 0 Å². The Balaban J connectivity index is 0.00000127. The van der Waals surface area contributed by atoms with E-state index in [1.165, 1.54) is 44.1 Å². The topological polar surface area (TPSA) is 24.9 Å². The summed E-state index contributed by atoms with van der Waals surface area (Å²) in [6, 6.07) is 4.21. The lowest BCUT2D eigenvalue weighted by molar-refractivity contribution is 0.619. The fourth-order valence-corrected chi connectivity index (χ4v) is 2.94. The fourth-order valence-electron chi connectivity index (χ4n) is 2.94. The maximum atomic E-state index is 4.57. The van der Waals surface area contributed by atoms with E-state index in [2.05, 4.69) is 48.4 Å². The molecule has 23 heavy (non-hydrogen) atoms. The quantitative estimate of drug-likeness (QED) is 0.556. The predicted molar refractivity (Wildman–Crippen MR) is 104 cm³/mol. The van der Waals surface area contributed by atoms with Gasteiger partial charge in [-0.3, -0.25) is 4.98 Å². The van der Waals surface area contributed by atoms with Crippen molar-refractivity contribution in [2.45, 2.75) is 66.2 Å². The van der Waals surface area contributed by atoms with Crippen molar-refractivity contribution in [3.05, 3.63) is 41.7 Å². The number of nitrogens with one attached hydrogen (secondary N) is 1. The second-order valence-electron chi connectivity index (χ2n) is 5.93. The summed E-state index contributed by atoms with van der Waals surface area (Å²) < 4.78 is 0. The largest absolute Gasteiger partial charge is 0.387 e. The van der Waals surface area contributed by atoms with Crippen LogP contribution in [0, 0.1) is 5.92 Å². The fraction of sp³-hybridized carbons (Fsp3) is 0.571. The smallest absolute Gasteiger partial charge is 0.0669 e. The van der Waals surface area contributed by atoms with Crippen LogP contribution in [0.15, 0.2) is 36.1 Å².